The van der Waals surface area contributed by atoms with Crippen LogP contribution in [0.4, 0.5) is 36.4 Å². The number of aromatic carboxylic acids is 1. The molecule has 0 saturated heterocycles. The lowest BCUT2D eigenvalue weighted by Crippen LogP contribution is -2.12. The maximum absolute atomic E-state index is 13.9. The zero-order chi connectivity index (χ0) is 27.0. The topological polar surface area (TPSA) is 67.2 Å². The molecule has 0 aliphatic heterocycles. The van der Waals surface area contributed by atoms with Gasteiger partial charge >= 0.3 is 18.3 Å². The van der Waals surface area contributed by atoms with Crippen LogP contribution in [0.2, 0.25) is 0 Å². The van der Waals surface area contributed by atoms with Crippen molar-refractivity contribution >= 4 is 11.7 Å². The molecule has 0 bridgehead atoms. The van der Waals surface area contributed by atoms with Crippen molar-refractivity contribution in [3.05, 3.63) is 101 Å². The Morgan fingerprint density at radius 3 is 2.05 bits per heavy atom. The molecule has 0 aliphatic rings. The zero-order valence-corrected chi connectivity index (χ0v) is 18.5. The average Bonchev–Trinajstić information content (AvgIpc) is 3.26. The summed E-state index contributed by atoms with van der Waals surface area (Å²) in [4.78, 5) is 11.1. The van der Waals surface area contributed by atoms with Crippen molar-refractivity contribution in [3.63, 3.8) is 0 Å². The standard InChI is InChI=1S/C25H16F7N3O2/c26-19-3-1-2-15(8-19)22-16(13-35(34-22)21-6-4-14(5-7-21)23(36)37)12-33-20-10-17(24(27,28)29)9-18(11-20)25(30,31)32/h1-11,13,33H,12H2,(H,36,37). The molecule has 12 heteroatoms. The van der Waals surface area contributed by atoms with Gasteiger partial charge in [0.25, 0.3) is 0 Å². The van der Waals surface area contributed by atoms with Crippen LogP contribution < -0.4 is 5.32 Å². The minimum Gasteiger partial charge on any atom is -0.478 e. The van der Waals surface area contributed by atoms with E-state index in [1.807, 2.05) is 0 Å². The van der Waals surface area contributed by atoms with Gasteiger partial charge in [-0.1, -0.05) is 12.1 Å². The van der Waals surface area contributed by atoms with Gasteiger partial charge in [-0.15, -0.1) is 0 Å². The molecule has 2 N–H and O–H groups in total. The molecule has 0 atom stereocenters. The van der Waals surface area contributed by atoms with E-state index in [-0.39, 0.29) is 23.9 Å². The van der Waals surface area contributed by atoms with Crippen molar-refractivity contribution in [1.82, 2.24) is 9.78 Å². The summed E-state index contributed by atoms with van der Waals surface area (Å²) in [6, 6.07) is 12.1. The van der Waals surface area contributed by atoms with E-state index < -0.39 is 41.0 Å². The highest BCUT2D eigenvalue weighted by molar-refractivity contribution is 5.87. The minimum absolute atomic E-state index is 0.0214. The number of benzene rings is 3. The van der Waals surface area contributed by atoms with Crippen LogP contribution in [0.1, 0.15) is 27.0 Å². The van der Waals surface area contributed by atoms with Gasteiger partial charge < -0.3 is 10.4 Å². The number of nitrogens with one attached hydrogen (secondary N) is 1. The third kappa shape index (κ3) is 5.90. The Kier molecular flexibility index (Phi) is 6.68. The van der Waals surface area contributed by atoms with E-state index >= 15 is 0 Å². The van der Waals surface area contributed by atoms with E-state index in [0.29, 0.717) is 28.9 Å². The molecular weight excluding hydrogens is 507 g/mol. The van der Waals surface area contributed by atoms with Gasteiger partial charge in [0.2, 0.25) is 0 Å². The lowest BCUT2D eigenvalue weighted by Gasteiger charge is -2.15. The Bertz CT molecular complexity index is 1410. The third-order valence-electron chi connectivity index (χ3n) is 5.34. The van der Waals surface area contributed by atoms with Crippen molar-refractivity contribution in [2.45, 2.75) is 18.9 Å². The zero-order valence-electron chi connectivity index (χ0n) is 18.5. The molecule has 0 saturated carbocycles. The third-order valence-corrected chi connectivity index (χ3v) is 5.34. The van der Waals surface area contributed by atoms with Crippen molar-refractivity contribution in [2.24, 2.45) is 0 Å². The first-order valence-electron chi connectivity index (χ1n) is 10.5. The van der Waals surface area contributed by atoms with E-state index in [4.69, 9.17) is 5.11 Å². The Morgan fingerprint density at radius 2 is 1.51 bits per heavy atom. The van der Waals surface area contributed by atoms with Gasteiger partial charge in [0.05, 0.1) is 28.1 Å². The summed E-state index contributed by atoms with van der Waals surface area (Å²) in [5.74, 6) is -1.72. The van der Waals surface area contributed by atoms with E-state index in [1.54, 1.807) is 6.07 Å². The molecular formula is C25H16F7N3O2. The highest BCUT2D eigenvalue weighted by Crippen LogP contribution is 2.38. The molecule has 0 aliphatic carbocycles. The Balaban J connectivity index is 1.73. The number of nitrogens with zero attached hydrogens (tertiary/aromatic N) is 2. The van der Waals surface area contributed by atoms with Crippen molar-refractivity contribution < 1.29 is 40.6 Å². The van der Waals surface area contributed by atoms with E-state index in [9.17, 15) is 35.5 Å². The molecule has 0 radical (unpaired) electrons. The van der Waals surface area contributed by atoms with Gasteiger partial charge in [-0.05, 0) is 54.6 Å². The molecule has 1 heterocycles. The molecule has 5 nitrogen and oxygen atoms in total. The highest BCUT2D eigenvalue weighted by Gasteiger charge is 2.37. The maximum Gasteiger partial charge on any atom is 0.416 e. The molecule has 4 rings (SSSR count). The number of anilines is 1. The number of alkyl halides is 6. The number of halogens is 7. The number of rotatable bonds is 6. The fraction of sp³-hybridized carbons (Fsp3) is 0.120. The highest BCUT2D eigenvalue weighted by atomic mass is 19.4. The molecule has 0 spiro atoms. The maximum atomic E-state index is 13.9. The van der Waals surface area contributed by atoms with Gasteiger partial charge in [-0.25, -0.2) is 13.9 Å². The van der Waals surface area contributed by atoms with Gasteiger partial charge in [-0.2, -0.15) is 31.4 Å². The lowest BCUT2D eigenvalue weighted by atomic mass is 10.1. The van der Waals surface area contributed by atoms with Crippen LogP contribution in [0.5, 0.6) is 0 Å². The summed E-state index contributed by atoms with van der Waals surface area (Å²) >= 11 is 0. The van der Waals surface area contributed by atoms with Crippen LogP contribution in [0.15, 0.2) is 72.9 Å². The predicted octanol–water partition coefficient (Wildman–Crippen LogP) is 7.03. The van der Waals surface area contributed by atoms with Crippen molar-refractivity contribution in [3.8, 4) is 16.9 Å². The molecule has 0 fully saturated rings. The van der Waals surface area contributed by atoms with Gasteiger partial charge in [-0.3, -0.25) is 0 Å². The van der Waals surface area contributed by atoms with E-state index in [2.05, 4.69) is 10.4 Å². The van der Waals surface area contributed by atoms with Crippen molar-refractivity contribution in [1.29, 1.82) is 0 Å². The second-order valence-electron chi connectivity index (χ2n) is 7.96. The average molecular weight is 523 g/mol. The second kappa shape index (κ2) is 9.60. The fourth-order valence-corrected chi connectivity index (χ4v) is 3.56. The normalized spacial score (nSPS) is 12.0. The molecule has 37 heavy (non-hydrogen) atoms. The largest absolute Gasteiger partial charge is 0.478 e. The summed E-state index contributed by atoms with van der Waals surface area (Å²) in [6.07, 6.45) is -8.55. The Hall–Kier alpha value is -4.35. The molecule has 3 aromatic carbocycles. The van der Waals surface area contributed by atoms with Crippen LogP contribution in [-0.4, -0.2) is 20.9 Å². The number of hydrogen-bond acceptors (Lipinski definition) is 3. The van der Waals surface area contributed by atoms with E-state index in [1.165, 1.54) is 53.3 Å². The smallest absolute Gasteiger partial charge is 0.416 e. The number of hydrogen-bond donors (Lipinski definition) is 2. The molecule has 0 unspecified atom stereocenters. The van der Waals surface area contributed by atoms with Crippen LogP contribution in [-0.2, 0) is 18.9 Å². The summed E-state index contributed by atoms with van der Waals surface area (Å²) < 4.78 is 94.5. The number of carboxylic acids is 1. The number of aromatic nitrogens is 2. The predicted molar refractivity (Wildman–Crippen MR) is 120 cm³/mol. The number of carboxylic acid groups (broad SMARTS) is 1. The summed E-state index contributed by atoms with van der Waals surface area (Å²) in [5.41, 5.74) is -2.05. The Labute approximate surface area is 204 Å². The minimum atomic E-state index is -5.00. The molecule has 1 aromatic heterocycles. The first-order chi connectivity index (χ1) is 17.3. The van der Waals surface area contributed by atoms with Gasteiger partial charge in [0.1, 0.15) is 5.82 Å². The van der Waals surface area contributed by atoms with Crippen LogP contribution in [0.3, 0.4) is 0 Å². The molecule has 192 valence electrons. The molecule has 4 aromatic rings. The van der Waals surface area contributed by atoms with Crippen LogP contribution in [0.25, 0.3) is 16.9 Å². The quantitative estimate of drug-likeness (QED) is 0.267. The fourth-order valence-electron chi connectivity index (χ4n) is 3.56. The Morgan fingerprint density at radius 1 is 0.892 bits per heavy atom. The summed E-state index contributed by atoms with van der Waals surface area (Å²) in [5, 5.41) is 16.0. The summed E-state index contributed by atoms with van der Waals surface area (Å²) in [6.45, 7) is -0.252. The molecule has 0 amide bonds. The lowest BCUT2D eigenvalue weighted by molar-refractivity contribution is -0.143. The number of carbonyl (C=O) groups is 1. The van der Waals surface area contributed by atoms with Crippen molar-refractivity contribution in [2.75, 3.05) is 5.32 Å². The summed E-state index contributed by atoms with van der Waals surface area (Å²) in [7, 11) is 0. The van der Waals surface area contributed by atoms with Crippen LogP contribution in [0, 0.1) is 5.82 Å². The van der Waals surface area contributed by atoms with Crippen LogP contribution >= 0.6 is 0 Å². The first kappa shape index (κ1) is 25.7. The first-order valence-corrected chi connectivity index (χ1v) is 10.5. The monoisotopic (exact) mass is 523 g/mol. The van der Waals surface area contributed by atoms with E-state index in [0.717, 1.165) is 0 Å². The van der Waals surface area contributed by atoms with Gasteiger partial charge in [0, 0.05) is 29.6 Å². The second-order valence-corrected chi connectivity index (χ2v) is 7.96. The van der Waals surface area contributed by atoms with Gasteiger partial charge in [0.15, 0.2) is 0 Å². The SMILES string of the molecule is O=C(O)c1ccc(-n2cc(CNc3cc(C(F)(F)F)cc(C(F)(F)F)c3)c(-c3cccc(F)c3)n2)cc1.